The Labute approximate surface area is 209 Å². The fraction of sp³-hybridized carbons (Fsp3) is 0.320. The molecule has 4 rings (SSSR count). The van der Waals surface area contributed by atoms with Gasteiger partial charge in [0.15, 0.2) is 5.82 Å². The van der Waals surface area contributed by atoms with Gasteiger partial charge in [0, 0.05) is 43.5 Å². The Kier molecular flexibility index (Phi) is 7.24. The van der Waals surface area contributed by atoms with Crippen LogP contribution in [0.25, 0.3) is 0 Å². The van der Waals surface area contributed by atoms with Crippen LogP contribution in [0.4, 0.5) is 5.69 Å². The van der Waals surface area contributed by atoms with E-state index in [0.29, 0.717) is 53.5 Å². The van der Waals surface area contributed by atoms with Gasteiger partial charge in [-0.3, -0.25) is 4.90 Å². The number of nitrogens with zero attached hydrogens (tertiary/aromatic N) is 5. The van der Waals surface area contributed by atoms with Gasteiger partial charge in [-0.1, -0.05) is 35.3 Å². The highest BCUT2D eigenvalue weighted by atomic mass is 35.5. The molecular weight excluding hydrogens is 473 g/mol. The number of hydrogen-bond acceptors (Lipinski definition) is 7. The van der Waals surface area contributed by atoms with Crippen molar-refractivity contribution in [3.63, 3.8) is 0 Å². The zero-order chi connectivity index (χ0) is 24.3. The summed E-state index contributed by atoms with van der Waals surface area (Å²) in [6, 6.07) is 16.8. The van der Waals surface area contributed by atoms with Crippen LogP contribution in [-0.4, -0.2) is 53.3 Å². The average Bonchev–Trinajstić information content (AvgIpc) is 2.84. The van der Waals surface area contributed by atoms with E-state index in [4.69, 9.17) is 27.9 Å². The van der Waals surface area contributed by atoms with Gasteiger partial charge in [0.2, 0.25) is 5.88 Å². The average molecular weight is 498 g/mol. The second-order valence-corrected chi connectivity index (χ2v) is 9.31. The first kappa shape index (κ1) is 24.2. The summed E-state index contributed by atoms with van der Waals surface area (Å²) in [6.45, 7) is 4.06. The maximum Gasteiger partial charge on any atom is 0.216 e. The summed E-state index contributed by atoms with van der Waals surface area (Å²) in [6.07, 6.45) is 1.58. The second-order valence-electron chi connectivity index (χ2n) is 8.47. The Morgan fingerprint density at radius 2 is 1.94 bits per heavy atom. The first-order valence-corrected chi connectivity index (χ1v) is 11.6. The molecule has 0 bridgehead atoms. The van der Waals surface area contributed by atoms with Crippen LogP contribution in [0.5, 0.6) is 5.88 Å². The number of aliphatic hydroxyl groups is 1. The normalized spacial score (nSPS) is 18.2. The molecule has 1 aromatic heterocycles. The number of ether oxygens (including phenoxy) is 1. The molecule has 2 heterocycles. The molecule has 1 N–H and O–H groups in total. The molecule has 0 aliphatic carbocycles. The predicted octanol–water partition coefficient (Wildman–Crippen LogP) is 4.43. The van der Waals surface area contributed by atoms with E-state index >= 15 is 0 Å². The highest BCUT2D eigenvalue weighted by Crippen LogP contribution is 2.36. The van der Waals surface area contributed by atoms with E-state index < -0.39 is 5.60 Å². The molecule has 2 aromatic carbocycles. The van der Waals surface area contributed by atoms with Crippen molar-refractivity contribution in [2.45, 2.75) is 18.6 Å². The monoisotopic (exact) mass is 497 g/mol. The maximum absolute atomic E-state index is 11.2. The van der Waals surface area contributed by atoms with Gasteiger partial charge in [0.05, 0.1) is 35.5 Å². The summed E-state index contributed by atoms with van der Waals surface area (Å²) in [7, 11) is 1.53. The minimum absolute atomic E-state index is 0.0431. The fourth-order valence-electron chi connectivity index (χ4n) is 4.27. The van der Waals surface area contributed by atoms with Crippen LogP contribution in [0.2, 0.25) is 10.0 Å². The molecule has 0 radical (unpaired) electrons. The van der Waals surface area contributed by atoms with Gasteiger partial charge in [-0.2, -0.15) is 10.2 Å². The minimum Gasteiger partial charge on any atom is -0.481 e. The summed E-state index contributed by atoms with van der Waals surface area (Å²) < 4.78 is 5.19. The van der Waals surface area contributed by atoms with Crippen LogP contribution in [-0.2, 0) is 5.60 Å². The van der Waals surface area contributed by atoms with Crippen LogP contribution < -0.4 is 9.64 Å². The van der Waals surface area contributed by atoms with Crippen LogP contribution in [0, 0.1) is 11.3 Å². The van der Waals surface area contributed by atoms with E-state index in [0.717, 1.165) is 11.3 Å². The lowest BCUT2D eigenvalue weighted by molar-refractivity contribution is 0.00252. The third-order valence-electron chi connectivity index (χ3n) is 5.96. The lowest BCUT2D eigenvalue weighted by atomic mass is 9.98. The number of methoxy groups -OCH3 is 1. The SMILES string of the molecule is COc1ccnc([C@](C)(O)CN2CCN(c3ccc(C#N)cc3Cl)[C@H](c3ccc(Cl)cc3)C2)n1. The van der Waals surface area contributed by atoms with E-state index in [1.165, 1.54) is 7.11 Å². The van der Waals surface area contributed by atoms with Crippen LogP contribution in [0.1, 0.15) is 29.9 Å². The molecule has 2 atom stereocenters. The number of rotatable bonds is 6. The third-order valence-corrected chi connectivity index (χ3v) is 6.51. The van der Waals surface area contributed by atoms with E-state index in [-0.39, 0.29) is 6.04 Å². The summed E-state index contributed by atoms with van der Waals surface area (Å²) in [5.41, 5.74) is 1.19. The first-order chi connectivity index (χ1) is 16.3. The molecule has 1 aliphatic rings. The molecule has 1 aliphatic heterocycles. The Morgan fingerprint density at radius 3 is 2.62 bits per heavy atom. The van der Waals surface area contributed by atoms with Crippen LogP contribution >= 0.6 is 23.2 Å². The highest BCUT2D eigenvalue weighted by Gasteiger charge is 2.35. The summed E-state index contributed by atoms with van der Waals surface area (Å²) in [5.74, 6) is 0.719. The predicted molar refractivity (Wildman–Crippen MR) is 132 cm³/mol. The summed E-state index contributed by atoms with van der Waals surface area (Å²) >= 11 is 12.7. The van der Waals surface area contributed by atoms with E-state index in [1.54, 1.807) is 31.3 Å². The zero-order valence-electron chi connectivity index (χ0n) is 18.9. The molecule has 9 heteroatoms. The number of hydrogen-bond donors (Lipinski definition) is 1. The van der Waals surface area contributed by atoms with E-state index in [1.807, 2.05) is 30.3 Å². The minimum atomic E-state index is -1.27. The van der Waals surface area contributed by atoms with Crippen molar-refractivity contribution in [3.8, 4) is 11.9 Å². The fourth-order valence-corrected chi connectivity index (χ4v) is 4.69. The Bertz CT molecular complexity index is 1200. The third kappa shape index (κ3) is 5.26. The van der Waals surface area contributed by atoms with Crippen LogP contribution in [0.3, 0.4) is 0 Å². The lowest BCUT2D eigenvalue weighted by Gasteiger charge is -2.45. The van der Waals surface area contributed by atoms with Gasteiger partial charge in [-0.25, -0.2) is 4.98 Å². The zero-order valence-corrected chi connectivity index (χ0v) is 20.5. The van der Waals surface area contributed by atoms with Crippen molar-refractivity contribution in [1.82, 2.24) is 14.9 Å². The van der Waals surface area contributed by atoms with Crippen molar-refractivity contribution in [1.29, 1.82) is 5.26 Å². The van der Waals surface area contributed by atoms with Gasteiger partial charge in [-0.05, 0) is 42.8 Å². The number of halogens is 2. The summed E-state index contributed by atoms with van der Waals surface area (Å²) in [5, 5.41) is 21.6. The summed E-state index contributed by atoms with van der Waals surface area (Å²) in [4.78, 5) is 13.0. The molecule has 7 nitrogen and oxygen atoms in total. The van der Waals surface area contributed by atoms with Gasteiger partial charge in [0.25, 0.3) is 0 Å². The van der Waals surface area contributed by atoms with Crippen molar-refractivity contribution in [3.05, 3.63) is 81.7 Å². The second kappa shape index (κ2) is 10.2. The van der Waals surface area contributed by atoms with Gasteiger partial charge in [-0.15, -0.1) is 0 Å². The van der Waals surface area contributed by atoms with Gasteiger partial charge < -0.3 is 14.7 Å². The number of aromatic nitrogens is 2. The lowest BCUT2D eigenvalue weighted by Crippen LogP contribution is -2.52. The van der Waals surface area contributed by atoms with E-state index in [2.05, 4.69) is 25.8 Å². The standard InChI is InChI=1S/C25H25Cl2N5O2/c1-25(33,24-29-10-9-23(30-24)34-2)16-31-11-12-32(21-8-3-17(14-28)13-20(21)27)22(15-31)18-4-6-19(26)7-5-18/h3-10,13,22,33H,11-12,15-16H2,1-2H3/t22-,25+/m0/s1. The van der Waals surface area contributed by atoms with Crippen molar-refractivity contribution in [2.24, 2.45) is 0 Å². The van der Waals surface area contributed by atoms with E-state index in [9.17, 15) is 10.4 Å². The topological polar surface area (TPSA) is 85.5 Å². The Morgan fingerprint density at radius 1 is 1.18 bits per heavy atom. The molecule has 0 spiro atoms. The number of anilines is 1. The maximum atomic E-state index is 11.2. The number of piperazine rings is 1. The quantitative estimate of drug-likeness (QED) is 0.538. The highest BCUT2D eigenvalue weighted by molar-refractivity contribution is 6.33. The molecule has 34 heavy (non-hydrogen) atoms. The number of β-amino-alcohol motifs (C(OH)–C–C–N with tert-alkyl or cyclic N) is 1. The molecule has 0 saturated carbocycles. The van der Waals surface area contributed by atoms with Gasteiger partial charge in [0.1, 0.15) is 5.60 Å². The van der Waals surface area contributed by atoms with Crippen LogP contribution in [0.15, 0.2) is 54.7 Å². The number of nitriles is 1. The molecule has 3 aromatic rings. The largest absolute Gasteiger partial charge is 0.481 e. The Balaban J connectivity index is 1.62. The molecule has 176 valence electrons. The van der Waals surface area contributed by atoms with Crippen molar-refractivity contribution in [2.75, 3.05) is 38.2 Å². The van der Waals surface area contributed by atoms with Crippen molar-refractivity contribution >= 4 is 28.9 Å². The van der Waals surface area contributed by atoms with Gasteiger partial charge >= 0.3 is 0 Å². The van der Waals surface area contributed by atoms with Crippen molar-refractivity contribution < 1.29 is 9.84 Å². The smallest absolute Gasteiger partial charge is 0.216 e. The Hall–Kier alpha value is -2.89. The molecule has 0 amide bonds. The molecule has 1 fully saturated rings. The first-order valence-electron chi connectivity index (χ1n) is 10.8. The molecule has 0 unspecified atom stereocenters. The molecular formula is C25H25Cl2N5O2. The number of benzene rings is 2. The molecule has 1 saturated heterocycles.